The van der Waals surface area contributed by atoms with Crippen LogP contribution in [0.25, 0.3) is 0 Å². The number of hydrogen-bond acceptors (Lipinski definition) is 5. The molecule has 15 heavy (non-hydrogen) atoms. The van der Waals surface area contributed by atoms with Crippen molar-refractivity contribution in [2.75, 3.05) is 0 Å². The highest BCUT2D eigenvalue weighted by Crippen LogP contribution is 2.31. The van der Waals surface area contributed by atoms with E-state index in [1.165, 1.54) is 18.2 Å². The summed E-state index contributed by atoms with van der Waals surface area (Å²) in [4.78, 5) is 23.2. The van der Waals surface area contributed by atoms with Gasteiger partial charge in [-0.3, -0.25) is 9.59 Å². The Morgan fingerprint density at radius 3 is 2.53 bits per heavy atom. The minimum Gasteiger partial charge on any atom is -0.507 e. The van der Waals surface area contributed by atoms with Crippen molar-refractivity contribution < 1.29 is 14.7 Å². The lowest BCUT2D eigenvalue weighted by molar-refractivity contribution is 0.0978. The SMILES string of the molecule is NC1=C(S)C(=O)c2cccc(O)c2C1=O. The number of phenols is 1. The molecule has 0 heterocycles. The van der Waals surface area contributed by atoms with E-state index in [2.05, 4.69) is 12.6 Å². The lowest BCUT2D eigenvalue weighted by Gasteiger charge is -2.16. The van der Waals surface area contributed by atoms with Crippen molar-refractivity contribution >= 4 is 24.2 Å². The summed E-state index contributed by atoms with van der Waals surface area (Å²) in [5.74, 6) is -1.25. The number of aromatic hydroxyl groups is 1. The topological polar surface area (TPSA) is 80.4 Å². The molecule has 2 rings (SSSR count). The normalized spacial score (nSPS) is 15.5. The third kappa shape index (κ3) is 1.24. The highest BCUT2D eigenvalue weighted by Gasteiger charge is 2.31. The number of ketones is 2. The molecular formula is C10H7NO3S. The predicted octanol–water partition coefficient (Wildman–Crippen LogP) is 0.871. The van der Waals surface area contributed by atoms with Gasteiger partial charge in [-0.1, -0.05) is 6.07 Å². The summed E-state index contributed by atoms with van der Waals surface area (Å²) in [6.07, 6.45) is 0. The number of fused-ring (bicyclic) bond motifs is 1. The van der Waals surface area contributed by atoms with E-state index in [4.69, 9.17) is 5.73 Å². The van der Waals surface area contributed by atoms with Crippen molar-refractivity contribution in [2.24, 2.45) is 5.73 Å². The molecule has 1 aromatic carbocycles. The fourth-order valence-corrected chi connectivity index (χ4v) is 1.68. The Hall–Kier alpha value is -1.75. The highest BCUT2D eigenvalue weighted by molar-refractivity contribution is 7.85. The molecular weight excluding hydrogens is 214 g/mol. The maximum absolute atomic E-state index is 11.6. The Balaban J connectivity index is 2.79. The standard InChI is InChI=1S/C10H7NO3S/c11-7-9(14)6-4(8(13)10(7)15)2-1-3-5(6)12/h1-3,12,15H,11H2. The van der Waals surface area contributed by atoms with Crippen molar-refractivity contribution in [3.05, 3.63) is 39.9 Å². The largest absolute Gasteiger partial charge is 0.507 e. The first kappa shape index (κ1) is 9.79. The van der Waals surface area contributed by atoms with Crippen molar-refractivity contribution in [1.29, 1.82) is 0 Å². The monoisotopic (exact) mass is 221 g/mol. The molecule has 1 aliphatic rings. The second kappa shape index (κ2) is 3.13. The van der Waals surface area contributed by atoms with Crippen molar-refractivity contribution in [1.82, 2.24) is 0 Å². The number of rotatable bonds is 0. The number of allylic oxidation sites excluding steroid dienone is 2. The lowest BCUT2D eigenvalue weighted by atomic mass is 9.92. The molecule has 3 N–H and O–H groups in total. The smallest absolute Gasteiger partial charge is 0.214 e. The second-order valence-electron chi connectivity index (χ2n) is 3.12. The van der Waals surface area contributed by atoms with Gasteiger partial charge in [0.2, 0.25) is 11.6 Å². The molecule has 1 aromatic rings. The average Bonchev–Trinajstić information content (AvgIpc) is 2.23. The van der Waals surface area contributed by atoms with Crippen LogP contribution >= 0.6 is 12.6 Å². The van der Waals surface area contributed by atoms with Crippen LogP contribution in [0, 0.1) is 0 Å². The lowest BCUT2D eigenvalue weighted by Crippen LogP contribution is -2.24. The zero-order valence-corrected chi connectivity index (χ0v) is 8.41. The summed E-state index contributed by atoms with van der Waals surface area (Å²) in [7, 11) is 0. The van der Waals surface area contributed by atoms with Crippen LogP contribution in [-0.2, 0) is 0 Å². The van der Waals surface area contributed by atoms with Gasteiger partial charge in [-0.2, -0.15) is 0 Å². The van der Waals surface area contributed by atoms with Gasteiger partial charge >= 0.3 is 0 Å². The molecule has 0 aliphatic heterocycles. The van der Waals surface area contributed by atoms with E-state index < -0.39 is 11.6 Å². The second-order valence-corrected chi connectivity index (χ2v) is 3.57. The summed E-state index contributed by atoms with van der Waals surface area (Å²) in [5.41, 5.74) is 5.29. The summed E-state index contributed by atoms with van der Waals surface area (Å²) in [6, 6.07) is 4.28. The Morgan fingerprint density at radius 1 is 1.20 bits per heavy atom. The highest BCUT2D eigenvalue weighted by atomic mass is 32.1. The van der Waals surface area contributed by atoms with Gasteiger partial charge in [0, 0.05) is 5.56 Å². The first-order valence-electron chi connectivity index (χ1n) is 4.14. The van der Waals surface area contributed by atoms with Crippen LogP contribution in [0.15, 0.2) is 28.8 Å². The van der Waals surface area contributed by atoms with Crippen LogP contribution in [0.1, 0.15) is 20.7 Å². The van der Waals surface area contributed by atoms with E-state index >= 15 is 0 Å². The molecule has 0 fully saturated rings. The molecule has 0 spiro atoms. The third-order valence-corrected chi connectivity index (χ3v) is 2.67. The van der Waals surface area contributed by atoms with Gasteiger partial charge in [-0.15, -0.1) is 12.6 Å². The molecule has 4 nitrogen and oxygen atoms in total. The van der Waals surface area contributed by atoms with Crippen molar-refractivity contribution in [2.45, 2.75) is 0 Å². The summed E-state index contributed by atoms with van der Waals surface area (Å²) in [6.45, 7) is 0. The van der Waals surface area contributed by atoms with Crippen LogP contribution < -0.4 is 5.73 Å². The molecule has 76 valence electrons. The number of benzene rings is 1. The number of carbonyl (C=O) groups excluding carboxylic acids is 2. The number of carbonyl (C=O) groups is 2. The molecule has 0 aromatic heterocycles. The van der Waals surface area contributed by atoms with Crippen LogP contribution in [-0.4, -0.2) is 16.7 Å². The van der Waals surface area contributed by atoms with Crippen LogP contribution in [0.2, 0.25) is 0 Å². The molecule has 0 saturated carbocycles. The first-order valence-corrected chi connectivity index (χ1v) is 4.59. The van der Waals surface area contributed by atoms with Gasteiger partial charge in [0.25, 0.3) is 0 Å². The van der Waals surface area contributed by atoms with Crippen LogP contribution in [0.3, 0.4) is 0 Å². The minimum absolute atomic E-state index is 0.0437. The Bertz CT molecular complexity index is 519. The predicted molar refractivity (Wildman–Crippen MR) is 57.0 cm³/mol. The van der Waals surface area contributed by atoms with Crippen molar-refractivity contribution in [3.8, 4) is 5.75 Å². The quantitative estimate of drug-likeness (QED) is 0.568. The molecule has 0 bridgehead atoms. The zero-order valence-electron chi connectivity index (χ0n) is 7.52. The van der Waals surface area contributed by atoms with E-state index in [0.29, 0.717) is 0 Å². The Morgan fingerprint density at radius 2 is 1.87 bits per heavy atom. The Kier molecular flexibility index (Phi) is 2.04. The van der Waals surface area contributed by atoms with E-state index in [-0.39, 0.29) is 27.5 Å². The van der Waals surface area contributed by atoms with Gasteiger partial charge in [-0.05, 0) is 12.1 Å². The van der Waals surface area contributed by atoms with E-state index in [1.807, 2.05) is 0 Å². The van der Waals surface area contributed by atoms with E-state index in [9.17, 15) is 14.7 Å². The molecule has 1 aliphatic carbocycles. The Labute approximate surface area is 90.8 Å². The van der Waals surface area contributed by atoms with Gasteiger partial charge in [0.15, 0.2) is 0 Å². The molecule has 0 amide bonds. The average molecular weight is 221 g/mol. The minimum atomic E-state index is -0.562. The molecule has 0 unspecified atom stereocenters. The van der Waals surface area contributed by atoms with E-state index in [0.717, 1.165) is 0 Å². The number of phenolic OH excluding ortho intramolecular Hbond substituents is 1. The summed E-state index contributed by atoms with van der Waals surface area (Å²) >= 11 is 3.87. The van der Waals surface area contributed by atoms with Crippen LogP contribution in [0.5, 0.6) is 5.75 Å². The van der Waals surface area contributed by atoms with Crippen molar-refractivity contribution in [3.63, 3.8) is 0 Å². The fraction of sp³-hybridized carbons (Fsp3) is 0. The number of nitrogens with two attached hydrogens (primary N) is 1. The van der Waals surface area contributed by atoms with Crippen LogP contribution in [0.4, 0.5) is 0 Å². The third-order valence-electron chi connectivity index (χ3n) is 2.23. The molecule has 0 radical (unpaired) electrons. The summed E-state index contributed by atoms with van der Waals surface area (Å²) in [5, 5.41) is 9.47. The molecule has 0 atom stereocenters. The van der Waals surface area contributed by atoms with Gasteiger partial charge in [0.1, 0.15) is 5.75 Å². The zero-order chi connectivity index (χ0) is 11.2. The summed E-state index contributed by atoms with van der Waals surface area (Å²) < 4.78 is 0. The maximum Gasteiger partial charge on any atom is 0.214 e. The number of Topliss-reactive ketones (excluding diaryl/α,β-unsaturated/α-hetero) is 2. The van der Waals surface area contributed by atoms with Gasteiger partial charge < -0.3 is 10.8 Å². The maximum atomic E-state index is 11.6. The van der Waals surface area contributed by atoms with Gasteiger partial charge in [0.05, 0.1) is 16.2 Å². The van der Waals surface area contributed by atoms with E-state index in [1.54, 1.807) is 0 Å². The molecule has 5 heteroatoms. The first-order chi connectivity index (χ1) is 7.04. The number of hydrogen-bond donors (Lipinski definition) is 3. The fourth-order valence-electron chi connectivity index (χ4n) is 1.46. The molecule has 0 saturated heterocycles. The van der Waals surface area contributed by atoms with Gasteiger partial charge in [-0.25, -0.2) is 0 Å². The number of thiol groups is 1.